The van der Waals surface area contributed by atoms with E-state index in [4.69, 9.17) is 0 Å². The number of rotatable bonds is 5. The summed E-state index contributed by atoms with van der Waals surface area (Å²) in [6.45, 7) is 2.94. The van der Waals surface area contributed by atoms with Crippen molar-refractivity contribution in [3.8, 4) is 0 Å². The van der Waals surface area contributed by atoms with Crippen LogP contribution in [0.25, 0.3) is 0 Å². The second-order valence-corrected chi connectivity index (χ2v) is 4.43. The number of hydrogen-bond acceptors (Lipinski definition) is 4. The third-order valence-corrected chi connectivity index (χ3v) is 2.79. The number of aldehydes is 1. The van der Waals surface area contributed by atoms with E-state index in [1.807, 2.05) is 31.8 Å². The first-order valence-corrected chi connectivity index (χ1v) is 6.20. The highest BCUT2D eigenvalue weighted by Crippen LogP contribution is 2.16. The summed E-state index contributed by atoms with van der Waals surface area (Å²) in [5.74, 6) is 2.03. The fourth-order valence-corrected chi connectivity index (χ4v) is 1.84. The van der Waals surface area contributed by atoms with Gasteiger partial charge in [-0.25, -0.2) is 4.98 Å². The number of aromatic nitrogens is 1. The van der Waals surface area contributed by atoms with Crippen LogP contribution in [0.3, 0.4) is 0 Å². The van der Waals surface area contributed by atoms with Gasteiger partial charge in [0.05, 0.1) is 0 Å². The molecule has 82 valence electrons. The molecule has 0 aromatic carbocycles. The number of hydrogen-bond donors (Lipinski definition) is 0. The lowest BCUT2D eigenvalue weighted by atomic mass is 10.2. The maximum atomic E-state index is 10.6. The van der Waals surface area contributed by atoms with E-state index in [0.29, 0.717) is 5.56 Å². The Kier molecular flexibility index (Phi) is 4.62. The Balaban J connectivity index is 2.80. The minimum atomic E-state index is 0.634. The SMILES string of the molecule is CSCCN(C)c1ncc(C=O)cc1C. The average molecular weight is 224 g/mol. The topological polar surface area (TPSA) is 33.2 Å². The van der Waals surface area contributed by atoms with Gasteiger partial charge >= 0.3 is 0 Å². The molecule has 3 nitrogen and oxygen atoms in total. The van der Waals surface area contributed by atoms with Crippen LogP contribution in [0.4, 0.5) is 5.82 Å². The van der Waals surface area contributed by atoms with E-state index < -0.39 is 0 Å². The Bertz CT molecular complexity index is 341. The van der Waals surface area contributed by atoms with Crippen LogP contribution >= 0.6 is 11.8 Å². The Morgan fingerprint density at radius 2 is 2.33 bits per heavy atom. The van der Waals surface area contributed by atoms with Crippen molar-refractivity contribution in [3.05, 3.63) is 23.4 Å². The highest BCUT2D eigenvalue weighted by Gasteiger charge is 2.06. The first-order chi connectivity index (χ1) is 7.19. The minimum Gasteiger partial charge on any atom is -0.359 e. The molecule has 0 atom stereocenters. The maximum absolute atomic E-state index is 10.6. The zero-order chi connectivity index (χ0) is 11.3. The second-order valence-electron chi connectivity index (χ2n) is 3.44. The molecule has 0 bridgehead atoms. The average Bonchev–Trinajstić information content (AvgIpc) is 2.25. The van der Waals surface area contributed by atoms with Gasteiger partial charge < -0.3 is 4.90 Å². The van der Waals surface area contributed by atoms with Gasteiger partial charge in [0.15, 0.2) is 6.29 Å². The van der Waals surface area contributed by atoms with E-state index in [0.717, 1.165) is 30.0 Å². The third kappa shape index (κ3) is 3.23. The van der Waals surface area contributed by atoms with Gasteiger partial charge in [0, 0.05) is 31.1 Å². The predicted octanol–water partition coefficient (Wildman–Crippen LogP) is 2.00. The highest BCUT2D eigenvalue weighted by atomic mass is 32.2. The van der Waals surface area contributed by atoms with Crippen molar-refractivity contribution in [3.63, 3.8) is 0 Å². The quantitative estimate of drug-likeness (QED) is 0.716. The predicted molar refractivity (Wildman–Crippen MR) is 66.0 cm³/mol. The normalized spacial score (nSPS) is 10.1. The van der Waals surface area contributed by atoms with Gasteiger partial charge in [-0.2, -0.15) is 11.8 Å². The largest absolute Gasteiger partial charge is 0.359 e. The van der Waals surface area contributed by atoms with Crippen molar-refractivity contribution in [2.75, 3.05) is 30.5 Å². The van der Waals surface area contributed by atoms with Gasteiger partial charge in [-0.3, -0.25) is 4.79 Å². The molecular weight excluding hydrogens is 208 g/mol. The minimum absolute atomic E-state index is 0.634. The molecule has 0 saturated heterocycles. The van der Waals surface area contributed by atoms with Gasteiger partial charge in [-0.1, -0.05) is 0 Å². The van der Waals surface area contributed by atoms with Crippen molar-refractivity contribution in [2.45, 2.75) is 6.92 Å². The van der Waals surface area contributed by atoms with Crippen LogP contribution in [0, 0.1) is 6.92 Å². The Hall–Kier alpha value is -1.03. The molecule has 1 rings (SSSR count). The van der Waals surface area contributed by atoms with Crippen LogP contribution in [0.15, 0.2) is 12.3 Å². The van der Waals surface area contributed by atoms with Gasteiger partial charge in [0.1, 0.15) is 5.82 Å². The molecule has 0 aliphatic heterocycles. The van der Waals surface area contributed by atoms with Gasteiger partial charge in [-0.05, 0) is 24.8 Å². The number of nitrogens with zero attached hydrogens (tertiary/aromatic N) is 2. The number of anilines is 1. The molecule has 0 amide bonds. The van der Waals surface area contributed by atoms with Crippen molar-refractivity contribution < 1.29 is 4.79 Å². The molecule has 0 aliphatic rings. The van der Waals surface area contributed by atoms with Crippen LogP contribution in [0.1, 0.15) is 15.9 Å². The van der Waals surface area contributed by atoms with Gasteiger partial charge in [0.2, 0.25) is 0 Å². The number of aryl methyl sites for hydroxylation is 1. The molecule has 4 heteroatoms. The zero-order valence-corrected chi connectivity index (χ0v) is 10.2. The standard InChI is InChI=1S/C11H16N2OS/c1-9-6-10(8-14)7-12-11(9)13(2)4-5-15-3/h6-8H,4-5H2,1-3H3. The van der Waals surface area contributed by atoms with Crippen molar-refractivity contribution >= 4 is 23.9 Å². The fraction of sp³-hybridized carbons (Fsp3) is 0.455. The molecule has 0 saturated carbocycles. The molecule has 0 spiro atoms. The maximum Gasteiger partial charge on any atom is 0.151 e. The van der Waals surface area contributed by atoms with Crippen molar-refractivity contribution in [2.24, 2.45) is 0 Å². The van der Waals surface area contributed by atoms with E-state index in [9.17, 15) is 4.79 Å². The summed E-state index contributed by atoms with van der Waals surface area (Å²) in [4.78, 5) is 17.0. The number of carbonyl (C=O) groups is 1. The van der Waals surface area contributed by atoms with E-state index in [1.54, 1.807) is 6.20 Å². The molecule has 1 heterocycles. The van der Waals surface area contributed by atoms with Crippen LogP contribution in [-0.2, 0) is 0 Å². The van der Waals surface area contributed by atoms with E-state index >= 15 is 0 Å². The summed E-state index contributed by atoms with van der Waals surface area (Å²) < 4.78 is 0. The number of pyridine rings is 1. The van der Waals surface area contributed by atoms with Crippen molar-refractivity contribution in [1.29, 1.82) is 0 Å². The molecule has 0 fully saturated rings. The summed E-state index contributed by atoms with van der Waals surface area (Å²) in [6, 6.07) is 1.87. The van der Waals surface area contributed by atoms with Crippen LogP contribution in [-0.4, -0.2) is 36.9 Å². The Morgan fingerprint density at radius 3 is 2.87 bits per heavy atom. The molecule has 0 aliphatic carbocycles. The van der Waals surface area contributed by atoms with Crippen LogP contribution in [0.2, 0.25) is 0 Å². The summed E-state index contributed by atoms with van der Waals surface area (Å²) in [5, 5.41) is 0. The van der Waals surface area contributed by atoms with E-state index in [-0.39, 0.29) is 0 Å². The second kappa shape index (κ2) is 5.75. The molecule has 0 N–H and O–H groups in total. The molecule has 1 aromatic heterocycles. The van der Waals surface area contributed by atoms with E-state index in [1.165, 1.54) is 0 Å². The molecule has 15 heavy (non-hydrogen) atoms. The smallest absolute Gasteiger partial charge is 0.151 e. The monoisotopic (exact) mass is 224 g/mol. The summed E-state index contributed by atoms with van der Waals surface area (Å²) in [6.07, 6.45) is 4.53. The Morgan fingerprint density at radius 1 is 1.60 bits per heavy atom. The van der Waals surface area contributed by atoms with Crippen LogP contribution in [0.5, 0.6) is 0 Å². The van der Waals surface area contributed by atoms with Crippen molar-refractivity contribution in [1.82, 2.24) is 4.98 Å². The third-order valence-electron chi connectivity index (χ3n) is 2.20. The number of thioether (sulfide) groups is 1. The summed E-state index contributed by atoms with van der Waals surface area (Å²) in [7, 11) is 2.02. The fourth-order valence-electron chi connectivity index (χ4n) is 1.39. The first-order valence-electron chi connectivity index (χ1n) is 4.81. The lowest BCUT2D eigenvalue weighted by Crippen LogP contribution is -2.22. The summed E-state index contributed by atoms with van der Waals surface area (Å²) >= 11 is 1.81. The molecule has 0 radical (unpaired) electrons. The Labute approximate surface area is 94.9 Å². The first kappa shape index (κ1) is 12.0. The zero-order valence-electron chi connectivity index (χ0n) is 9.36. The van der Waals surface area contributed by atoms with Gasteiger partial charge in [0.25, 0.3) is 0 Å². The summed E-state index contributed by atoms with van der Waals surface area (Å²) in [5.41, 5.74) is 1.68. The lowest BCUT2D eigenvalue weighted by Gasteiger charge is -2.19. The van der Waals surface area contributed by atoms with E-state index in [2.05, 4.69) is 16.1 Å². The molecule has 0 unspecified atom stereocenters. The highest BCUT2D eigenvalue weighted by molar-refractivity contribution is 7.98. The lowest BCUT2D eigenvalue weighted by molar-refractivity contribution is 0.112. The van der Waals surface area contributed by atoms with Crippen LogP contribution < -0.4 is 4.90 Å². The molecule has 1 aromatic rings. The number of carbonyl (C=O) groups excluding carboxylic acids is 1. The van der Waals surface area contributed by atoms with Gasteiger partial charge in [-0.15, -0.1) is 0 Å². The molecular formula is C11H16N2OS.